The largest absolute Gasteiger partial charge is 0.435 e. The highest BCUT2D eigenvalue weighted by Gasteiger charge is 2.14. The number of halogens is 2. The second-order valence-corrected chi connectivity index (χ2v) is 5.14. The molecule has 1 amide bonds. The fourth-order valence-corrected chi connectivity index (χ4v) is 2.42. The first-order valence-corrected chi connectivity index (χ1v) is 7.21. The number of anilines is 1. The maximum absolute atomic E-state index is 12.0. The van der Waals surface area contributed by atoms with Gasteiger partial charge in [0.25, 0.3) is 0 Å². The van der Waals surface area contributed by atoms with Crippen molar-refractivity contribution >= 4 is 11.6 Å². The van der Waals surface area contributed by atoms with Gasteiger partial charge in [0.05, 0.1) is 0 Å². The molecule has 2 N–H and O–H groups in total. The van der Waals surface area contributed by atoms with Crippen molar-refractivity contribution in [2.24, 2.45) is 0 Å². The number of amides is 1. The zero-order valence-electron chi connectivity index (χ0n) is 11.8. The summed E-state index contributed by atoms with van der Waals surface area (Å²) in [6, 6.07) is 6.34. The van der Waals surface area contributed by atoms with Crippen molar-refractivity contribution < 1.29 is 18.3 Å². The second kappa shape index (κ2) is 7.93. The van der Waals surface area contributed by atoms with Gasteiger partial charge in [0.15, 0.2) is 0 Å². The molecule has 1 fully saturated rings. The molecule has 2 rings (SSSR count). The SMILES string of the molecule is O=C(CCC1CCCCN1)Nc1ccc(OC(F)F)cc1. The number of ether oxygens (including phenoxy) is 1. The standard InChI is InChI=1S/C15H20F2N2O2/c16-15(17)21-13-7-4-12(5-8-13)19-14(20)9-6-11-3-1-2-10-18-11/h4-5,7-8,11,15,18H,1-3,6,9-10H2,(H,19,20). The van der Waals surface area contributed by atoms with Crippen LogP contribution in [0.4, 0.5) is 14.5 Å². The predicted octanol–water partition coefficient (Wildman–Crippen LogP) is 3.15. The zero-order valence-corrected chi connectivity index (χ0v) is 11.8. The van der Waals surface area contributed by atoms with Gasteiger partial charge in [-0.1, -0.05) is 6.42 Å². The molecule has 1 aromatic carbocycles. The third kappa shape index (κ3) is 5.67. The first kappa shape index (κ1) is 15.7. The molecule has 6 heteroatoms. The number of rotatable bonds is 6. The molecule has 1 heterocycles. The molecule has 1 unspecified atom stereocenters. The van der Waals surface area contributed by atoms with Crippen molar-refractivity contribution in [2.45, 2.75) is 44.8 Å². The zero-order chi connectivity index (χ0) is 15.1. The van der Waals surface area contributed by atoms with E-state index in [-0.39, 0.29) is 11.7 Å². The van der Waals surface area contributed by atoms with Crippen molar-refractivity contribution in [1.82, 2.24) is 5.32 Å². The van der Waals surface area contributed by atoms with Gasteiger partial charge in [0, 0.05) is 18.2 Å². The quantitative estimate of drug-likeness (QED) is 0.848. The van der Waals surface area contributed by atoms with Crippen LogP contribution in [-0.2, 0) is 4.79 Å². The second-order valence-electron chi connectivity index (χ2n) is 5.14. The summed E-state index contributed by atoms with van der Waals surface area (Å²) in [7, 11) is 0. The summed E-state index contributed by atoms with van der Waals surface area (Å²) >= 11 is 0. The molecule has 1 atom stereocenters. The Morgan fingerprint density at radius 3 is 2.71 bits per heavy atom. The van der Waals surface area contributed by atoms with E-state index in [4.69, 9.17) is 0 Å². The van der Waals surface area contributed by atoms with Gasteiger partial charge in [-0.25, -0.2) is 0 Å². The average Bonchev–Trinajstić information content (AvgIpc) is 2.48. The fourth-order valence-electron chi connectivity index (χ4n) is 2.42. The van der Waals surface area contributed by atoms with Crippen LogP contribution in [0.3, 0.4) is 0 Å². The summed E-state index contributed by atoms with van der Waals surface area (Å²) in [5.41, 5.74) is 0.582. The molecule has 0 radical (unpaired) electrons. The smallest absolute Gasteiger partial charge is 0.387 e. The topological polar surface area (TPSA) is 50.4 Å². The highest BCUT2D eigenvalue weighted by molar-refractivity contribution is 5.90. The Morgan fingerprint density at radius 1 is 1.33 bits per heavy atom. The van der Waals surface area contributed by atoms with Crippen molar-refractivity contribution in [3.05, 3.63) is 24.3 Å². The van der Waals surface area contributed by atoms with E-state index in [1.54, 1.807) is 12.1 Å². The van der Waals surface area contributed by atoms with Crippen molar-refractivity contribution in [2.75, 3.05) is 11.9 Å². The number of alkyl halides is 2. The maximum atomic E-state index is 12.0. The number of piperidine rings is 1. The highest BCUT2D eigenvalue weighted by atomic mass is 19.3. The van der Waals surface area contributed by atoms with Crippen LogP contribution >= 0.6 is 0 Å². The summed E-state index contributed by atoms with van der Waals surface area (Å²) in [5, 5.41) is 6.15. The first-order valence-electron chi connectivity index (χ1n) is 7.21. The van der Waals surface area contributed by atoms with Crippen molar-refractivity contribution in [3.8, 4) is 5.75 Å². The number of nitrogens with one attached hydrogen (secondary N) is 2. The molecule has 0 spiro atoms. The van der Waals surface area contributed by atoms with Crippen LogP contribution in [-0.4, -0.2) is 25.1 Å². The van der Waals surface area contributed by atoms with Crippen molar-refractivity contribution in [3.63, 3.8) is 0 Å². The number of hydrogen-bond acceptors (Lipinski definition) is 3. The van der Waals surface area contributed by atoms with Crippen LogP contribution in [0.1, 0.15) is 32.1 Å². The minimum Gasteiger partial charge on any atom is -0.435 e. The van der Waals surface area contributed by atoms with E-state index in [9.17, 15) is 13.6 Å². The van der Waals surface area contributed by atoms with Gasteiger partial charge in [-0.05, 0) is 50.1 Å². The Kier molecular flexibility index (Phi) is 5.92. The van der Waals surface area contributed by atoms with Crippen LogP contribution in [0, 0.1) is 0 Å². The van der Waals surface area contributed by atoms with Crippen LogP contribution in [0.2, 0.25) is 0 Å². The fraction of sp³-hybridized carbons (Fsp3) is 0.533. The predicted molar refractivity (Wildman–Crippen MR) is 76.6 cm³/mol. The van der Waals surface area contributed by atoms with E-state index in [1.165, 1.54) is 25.0 Å². The highest BCUT2D eigenvalue weighted by Crippen LogP contribution is 2.18. The third-order valence-corrected chi connectivity index (χ3v) is 3.50. The molecule has 1 aliphatic heterocycles. The molecule has 1 aromatic rings. The summed E-state index contributed by atoms with van der Waals surface area (Å²) in [4.78, 5) is 11.8. The van der Waals surface area contributed by atoms with E-state index in [2.05, 4.69) is 15.4 Å². The van der Waals surface area contributed by atoms with Gasteiger partial charge in [0.1, 0.15) is 5.75 Å². The molecular weight excluding hydrogens is 278 g/mol. The molecule has 1 saturated heterocycles. The van der Waals surface area contributed by atoms with Gasteiger partial charge in [-0.15, -0.1) is 0 Å². The van der Waals surface area contributed by atoms with Crippen LogP contribution < -0.4 is 15.4 Å². The van der Waals surface area contributed by atoms with Gasteiger partial charge in [0.2, 0.25) is 5.91 Å². The molecule has 0 aliphatic carbocycles. The summed E-state index contributed by atoms with van der Waals surface area (Å²) < 4.78 is 28.3. The summed E-state index contributed by atoms with van der Waals surface area (Å²) in [6.07, 6.45) is 4.80. The van der Waals surface area contributed by atoms with Gasteiger partial charge in [-0.2, -0.15) is 8.78 Å². The molecule has 0 aromatic heterocycles. The molecule has 4 nitrogen and oxygen atoms in total. The van der Waals surface area contributed by atoms with Crippen LogP contribution in [0.25, 0.3) is 0 Å². The average molecular weight is 298 g/mol. The summed E-state index contributed by atoms with van der Waals surface area (Å²) in [5.74, 6) is 0.0132. The number of carbonyl (C=O) groups excluding carboxylic acids is 1. The molecule has 0 bridgehead atoms. The summed E-state index contributed by atoms with van der Waals surface area (Å²) in [6.45, 7) is -1.81. The first-order chi connectivity index (χ1) is 10.1. The van der Waals surface area contributed by atoms with Crippen LogP contribution in [0.5, 0.6) is 5.75 Å². The Bertz CT molecular complexity index is 445. The van der Waals surface area contributed by atoms with E-state index >= 15 is 0 Å². The maximum Gasteiger partial charge on any atom is 0.387 e. The van der Waals surface area contributed by atoms with Gasteiger partial charge < -0.3 is 15.4 Å². The van der Waals surface area contributed by atoms with Gasteiger partial charge in [-0.3, -0.25) is 4.79 Å². The lowest BCUT2D eigenvalue weighted by molar-refractivity contribution is -0.116. The van der Waals surface area contributed by atoms with Crippen molar-refractivity contribution in [1.29, 1.82) is 0 Å². The Morgan fingerprint density at radius 2 is 2.10 bits per heavy atom. The minimum absolute atomic E-state index is 0.0649. The molecule has 0 saturated carbocycles. The molecule has 116 valence electrons. The van der Waals surface area contributed by atoms with E-state index in [0.29, 0.717) is 18.2 Å². The minimum atomic E-state index is -2.84. The van der Waals surface area contributed by atoms with Gasteiger partial charge >= 0.3 is 6.61 Å². The lowest BCUT2D eigenvalue weighted by Crippen LogP contribution is -2.34. The Labute approximate surface area is 122 Å². The molecule has 1 aliphatic rings. The molecule has 21 heavy (non-hydrogen) atoms. The number of carbonyl (C=O) groups is 1. The monoisotopic (exact) mass is 298 g/mol. The third-order valence-electron chi connectivity index (χ3n) is 3.50. The van der Waals surface area contributed by atoms with Crippen LogP contribution in [0.15, 0.2) is 24.3 Å². The van der Waals surface area contributed by atoms with E-state index < -0.39 is 6.61 Å². The Balaban J connectivity index is 1.74. The number of hydrogen-bond donors (Lipinski definition) is 2. The molecular formula is C15H20F2N2O2. The Hall–Kier alpha value is -1.69. The lowest BCUT2D eigenvalue weighted by atomic mass is 10.0. The number of benzene rings is 1. The van der Waals surface area contributed by atoms with E-state index in [0.717, 1.165) is 19.4 Å². The van der Waals surface area contributed by atoms with E-state index in [1.807, 2.05) is 0 Å². The lowest BCUT2D eigenvalue weighted by Gasteiger charge is -2.23. The normalized spacial score (nSPS) is 18.5.